The number of pyridine rings is 1. The molecular weight excluding hydrogens is 501 g/mol. The van der Waals surface area contributed by atoms with Crippen molar-refractivity contribution in [1.29, 1.82) is 0 Å². The van der Waals surface area contributed by atoms with Crippen LogP contribution < -0.4 is 15.5 Å². The summed E-state index contributed by atoms with van der Waals surface area (Å²) in [5, 5.41) is 14.1. The largest absolute Gasteiger partial charge is 0.454 e. The molecule has 0 fully saturated rings. The SMILES string of the molecule is CN(C)CCn1cnnc1-c1cc(Oc2ccc(NC(=O)N/N=C/c3ccc(F)cc3F)cc2F)ccn1. The molecule has 2 aromatic carbocycles. The lowest BCUT2D eigenvalue weighted by Gasteiger charge is -2.12. The molecule has 0 unspecified atom stereocenters. The van der Waals surface area contributed by atoms with Gasteiger partial charge >= 0.3 is 6.03 Å². The van der Waals surface area contributed by atoms with Crippen LogP contribution in [-0.4, -0.2) is 57.5 Å². The lowest BCUT2D eigenvalue weighted by atomic mass is 10.2. The molecule has 0 aliphatic heterocycles. The average molecular weight is 525 g/mol. The maximum atomic E-state index is 14.7. The van der Waals surface area contributed by atoms with Crippen LogP contribution in [-0.2, 0) is 6.54 Å². The zero-order valence-electron chi connectivity index (χ0n) is 20.4. The summed E-state index contributed by atoms with van der Waals surface area (Å²) in [6, 6.07) is 9.17. The highest BCUT2D eigenvalue weighted by Gasteiger charge is 2.13. The Bertz CT molecular complexity index is 1460. The fraction of sp³-hybridized carbons (Fsp3) is 0.160. The van der Waals surface area contributed by atoms with Crippen LogP contribution >= 0.6 is 0 Å². The monoisotopic (exact) mass is 524 g/mol. The zero-order chi connectivity index (χ0) is 27.1. The summed E-state index contributed by atoms with van der Waals surface area (Å²) in [7, 11) is 3.93. The van der Waals surface area contributed by atoms with E-state index >= 15 is 0 Å². The van der Waals surface area contributed by atoms with Gasteiger partial charge in [-0.3, -0.25) is 4.98 Å². The molecule has 0 bridgehead atoms. The maximum Gasteiger partial charge on any atom is 0.339 e. The van der Waals surface area contributed by atoms with E-state index in [0.29, 0.717) is 29.9 Å². The van der Waals surface area contributed by atoms with Crippen molar-refractivity contribution < 1.29 is 22.7 Å². The number of amides is 2. The van der Waals surface area contributed by atoms with E-state index in [1.807, 2.05) is 23.6 Å². The van der Waals surface area contributed by atoms with Crippen LogP contribution in [0.5, 0.6) is 11.5 Å². The number of hydrogen-bond acceptors (Lipinski definition) is 7. The fourth-order valence-corrected chi connectivity index (χ4v) is 3.24. The van der Waals surface area contributed by atoms with Crippen LogP contribution in [0.1, 0.15) is 5.56 Å². The second-order valence-electron chi connectivity index (χ2n) is 8.27. The molecule has 0 aliphatic rings. The van der Waals surface area contributed by atoms with Gasteiger partial charge in [0.15, 0.2) is 17.4 Å². The molecule has 2 amide bonds. The Morgan fingerprint density at radius 1 is 1.11 bits per heavy atom. The Labute approximate surface area is 215 Å². The normalized spacial score (nSPS) is 11.2. The maximum absolute atomic E-state index is 14.7. The summed E-state index contributed by atoms with van der Waals surface area (Å²) < 4.78 is 48.8. The Morgan fingerprint density at radius 3 is 2.71 bits per heavy atom. The van der Waals surface area contributed by atoms with Gasteiger partial charge in [-0.2, -0.15) is 5.10 Å². The summed E-state index contributed by atoms with van der Waals surface area (Å²) in [6.45, 7) is 1.44. The minimum Gasteiger partial charge on any atom is -0.454 e. The van der Waals surface area contributed by atoms with Gasteiger partial charge in [0, 0.05) is 48.7 Å². The molecule has 0 saturated heterocycles. The summed E-state index contributed by atoms with van der Waals surface area (Å²) in [4.78, 5) is 18.4. The van der Waals surface area contributed by atoms with Crippen molar-refractivity contribution in [2.24, 2.45) is 5.10 Å². The summed E-state index contributed by atoms with van der Waals surface area (Å²) in [5.74, 6) is -1.49. The van der Waals surface area contributed by atoms with Crippen LogP contribution in [0, 0.1) is 17.5 Å². The van der Waals surface area contributed by atoms with E-state index in [1.165, 1.54) is 24.4 Å². The Kier molecular flexibility index (Phi) is 8.28. The average Bonchev–Trinajstić information content (AvgIpc) is 3.35. The van der Waals surface area contributed by atoms with Crippen molar-refractivity contribution in [3.8, 4) is 23.0 Å². The molecule has 4 aromatic rings. The molecule has 2 heterocycles. The summed E-state index contributed by atoms with van der Waals surface area (Å²) in [6.07, 6.45) is 4.15. The number of aromatic nitrogens is 4. The lowest BCUT2D eigenvalue weighted by molar-refractivity contribution is 0.252. The molecule has 0 atom stereocenters. The van der Waals surface area contributed by atoms with Crippen molar-refractivity contribution in [1.82, 2.24) is 30.1 Å². The first kappa shape index (κ1) is 26.3. The van der Waals surface area contributed by atoms with Gasteiger partial charge in [0.05, 0.1) is 6.21 Å². The summed E-state index contributed by atoms with van der Waals surface area (Å²) >= 11 is 0. The number of likely N-dealkylation sites (N-methyl/N-ethyl adjacent to an activating group) is 1. The number of halogens is 3. The third-order valence-corrected chi connectivity index (χ3v) is 5.11. The van der Waals surface area contributed by atoms with E-state index in [4.69, 9.17) is 4.74 Å². The number of anilines is 1. The highest BCUT2D eigenvalue weighted by Crippen LogP contribution is 2.28. The number of carbonyl (C=O) groups excluding carboxylic acids is 1. The van der Waals surface area contributed by atoms with E-state index in [1.54, 1.807) is 18.5 Å². The molecule has 13 heteroatoms. The van der Waals surface area contributed by atoms with Gasteiger partial charge in [-0.25, -0.2) is 23.4 Å². The number of nitrogens with zero attached hydrogens (tertiary/aromatic N) is 6. The minimum absolute atomic E-state index is 0.0210. The molecular formula is C25H23F3N8O2. The van der Waals surface area contributed by atoms with Gasteiger partial charge in [0.2, 0.25) is 0 Å². The quantitative estimate of drug-likeness (QED) is 0.250. The molecule has 38 heavy (non-hydrogen) atoms. The highest BCUT2D eigenvalue weighted by atomic mass is 19.1. The van der Waals surface area contributed by atoms with Crippen LogP contribution in [0.15, 0.2) is 66.2 Å². The standard InChI is InChI=1S/C25H23F3N8O2/c1-35(2)9-10-36-15-31-33-24(36)22-13-19(7-8-29-22)38-23-6-5-18(12-21(23)28)32-25(37)34-30-14-16-3-4-17(26)11-20(16)27/h3-8,11-15H,9-10H2,1-2H3,(H2,32,34,37)/b30-14+. The first-order chi connectivity index (χ1) is 18.3. The number of benzene rings is 2. The molecule has 10 nitrogen and oxygen atoms in total. The fourth-order valence-electron chi connectivity index (χ4n) is 3.24. The Balaban J connectivity index is 1.38. The third-order valence-electron chi connectivity index (χ3n) is 5.11. The van der Waals surface area contributed by atoms with Gasteiger partial charge in [-0.15, -0.1) is 10.2 Å². The predicted molar refractivity (Wildman–Crippen MR) is 134 cm³/mol. The van der Waals surface area contributed by atoms with Gasteiger partial charge < -0.3 is 19.5 Å². The topological polar surface area (TPSA) is 110 Å². The van der Waals surface area contributed by atoms with Crippen LogP contribution in [0.2, 0.25) is 0 Å². The van der Waals surface area contributed by atoms with E-state index in [0.717, 1.165) is 24.9 Å². The van der Waals surface area contributed by atoms with Gasteiger partial charge in [0.25, 0.3) is 0 Å². The molecule has 0 aliphatic carbocycles. The minimum atomic E-state index is -0.832. The van der Waals surface area contributed by atoms with E-state index in [9.17, 15) is 18.0 Å². The zero-order valence-corrected chi connectivity index (χ0v) is 20.4. The van der Waals surface area contributed by atoms with Crippen LogP contribution in [0.25, 0.3) is 11.5 Å². The smallest absolute Gasteiger partial charge is 0.339 e. The van der Waals surface area contributed by atoms with Gasteiger partial charge in [0.1, 0.15) is 29.4 Å². The third kappa shape index (κ3) is 6.91. The van der Waals surface area contributed by atoms with Crippen LogP contribution in [0.3, 0.4) is 0 Å². The first-order valence-corrected chi connectivity index (χ1v) is 11.3. The number of carbonyl (C=O) groups is 1. The number of urea groups is 1. The number of rotatable bonds is 9. The number of hydrazone groups is 1. The lowest BCUT2D eigenvalue weighted by Crippen LogP contribution is -2.24. The second-order valence-corrected chi connectivity index (χ2v) is 8.27. The number of ether oxygens (including phenoxy) is 1. The van der Waals surface area contributed by atoms with Crippen LogP contribution in [0.4, 0.5) is 23.7 Å². The molecule has 2 aromatic heterocycles. The van der Waals surface area contributed by atoms with E-state index < -0.39 is 23.5 Å². The molecule has 0 spiro atoms. The number of hydrogen-bond donors (Lipinski definition) is 2. The first-order valence-electron chi connectivity index (χ1n) is 11.3. The Morgan fingerprint density at radius 2 is 1.95 bits per heavy atom. The van der Waals surface area contributed by atoms with Crippen molar-refractivity contribution >= 4 is 17.9 Å². The number of nitrogens with one attached hydrogen (secondary N) is 2. The van der Waals surface area contributed by atoms with Crippen molar-refractivity contribution in [3.05, 3.63) is 84.1 Å². The van der Waals surface area contributed by atoms with Crippen molar-refractivity contribution in [3.63, 3.8) is 0 Å². The van der Waals surface area contributed by atoms with Gasteiger partial charge in [-0.1, -0.05) is 0 Å². The molecule has 2 N–H and O–H groups in total. The van der Waals surface area contributed by atoms with E-state index in [-0.39, 0.29) is 17.0 Å². The predicted octanol–water partition coefficient (Wildman–Crippen LogP) is 4.27. The Hall–Kier alpha value is -4.78. The van der Waals surface area contributed by atoms with Gasteiger partial charge in [-0.05, 0) is 44.4 Å². The summed E-state index contributed by atoms with van der Waals surface area (Å²) in [5.41, 5.74) is 2.73. The highest BCUT2D eigenvalue weighted by molar-refractivity contribution is 5.90. The van der Waals surface area contributed by atoms with Crippen molar-refractivity contribution in [2.75, 3.05) is 26.0 Å². The molecule has 0 saturated carbocycles. The molecule has 196 valence electrons. The van der Waals surface area contributed by atoms with Crippen molar-refractivity contribution in [2.45, 2.75) is 6.54 Å². The molecule has 4 rings (SSSR count). The second kappa shape index (κ2) is 12.0. The molecule has 0 radical (unpaired) electrons. The van der Waals surface area contributed by atoms with E-state index in [2.05, 4.69) is 31.0 Å².